The van der Waals surface area contributed by atoms with Gasteiger partial charge in [0.05, 0.1) is 19.3 Å². The van der Waals surface area contributed by atoms with Gasteiger partial charge in [0.25, 0.3) is 5.91 Å². The first kappa shape index (κ1) is 21.1. The molecule has 8 nitrogen and oxygen atoms in total. The van der Waals surface area contributed by atoms with Gasteiger partial charge in [-0.3, -0.25) is 4.79 Å². The smallest absolute Gasteiger partial charge is 0.273 e. The van der Waals surface area contributed by atoms with Crippen LogP contribution < -0.4 is 15.4 Å². The van der Waals surface area contributed by atoms with Gasteiger partial charge in [0, 0.05) is 24.7 Å². The summed E-state index contributed by atoms with van der Waals surface area (Å²) in [6, 6.07) is 6.18. The van der Waals surface area contributed by atoms with Gasteiger partial charge in [-0.15, -0.1) is 5.10 Å². The Labute approximate surface area is 171 Å². The molecule has 0 saturated heterocycles. The zero-order chi connectivity index (χ0) is 20.8. The second-order valence-electron chi connectivity index (χ2n) is 8.04. The zero-order valence-corrected chi connectivity index (χ0v) is 17.4. The lowest BCUT2D eigenvalue weighted by Gasteiger charge is -2.29. The van der Waals surface area contributed by atoms with E-state index in [9.17, 15) is 9.90 Å². The van der Waals surface area contributed by atoms with Crippen LogP contribution in [0.2, 0.25) is 0 Å². The number of nitrogens with one attached hydrogen (secondary N) is 2. The fraction of sp³-hybridized carbons (Fsp3) is 0.571. The zero-order valence-electron chi connectivity index (χ0n) is 17.4. The monoisotopic (exact) mass is 401 g/mol. The minimum absolute atomic E-state index is 0.168. The highest BCUT2D eigenvalue weighted by atomic mass is 16.5. The molecule has 8 heteroatoms. The Morgan fingerprint density at radius 1 is 1.31 bits per heavy atom. The minimum atomic E-state index is -0.168. The number of amides is 1. The van der Waals surface area contributed by atoms with Gasteiger partial charge in [-0.1, -0.05) is 31.2 Å². The number of nitrogens with zero attached hydrogens (tertiary/aromatic N) is 3. The van der Waals surface area contributed by atoms with E-state index in [2.05, 4.69) is 34.8 Å². The van der Waals surface area contributed by atoms with Crippen molar-refractivity contribution in [2.24, 2.45) is 5.92 Å². The number of benzene rings is 1. The van der Waals surface area contributed by atoms with Crippen molar-refractivity contribution >= 4 is 5.91 Å². The van der Waals surface area contributed by atoms with Gasteiger partial charge >= 0.3 is 0 Å². The van der Waals surface area contributed by atoms with Gasteiger partial charge in [0.2, 0.25) is 0 Å². The highest BCUT2D eigenvalue weighted by Crippen LogP contribution is 2.31. The van der Waals surface area contributed by atoms with E-state index in [1.807, 2.05) is 16.8 Å². The lowest BCUT2D eigenvalue weighted by atomic mass is 9.91. The summed E-state index contributed by atoms with van der Waals surface area (Å²) in [6.45, 7) is 5.34. The van der Waals surface area contributed by atoms with E-state index >= 15 is 0 Å². The number of aromatic nitrogens is 3. The number of hydrogen-bond donors (Lipinski definition) is 3. The van der Waals surface area contributed by atoms with Crippen LogP contribution in [-0.2, 0) is 6.54 Å². The normalized spacial score (nSPS) is 19.3. The number of aromatic hydroxyl groups is 1. The second kappa shape index (κ2) is 9.73. The van der Waals surface area contributed by atoms with E-state index in [4.69, 9.17) is 4.74 Å². The summed E-state index contributed by atoms with van der Waals surface area (Å²) < 4.78 is 6.99. The van der Waals surface area contributed by atoms with Gasteiger partial charge in [-0.2, -0.15) is 0 Å². The molecule has 0 radical (unpaired) electrons. The van der Waals surface area contributed by atoms with E-state index < -0.39 is 0 Å². The lowest BCUT2D eigenvalue weighted by molar-refractivity contribution is 0.0944. The van der Waals surface area contributed by atoms with Crippen molar-refractivity contribution in [2.45, 2.75) is 58.2 Å². The van der Waals surface area contributed by atoms with Crippen molar-refractivity contribution in [3.63, 3.8) is 0 Å². The number of rotatable bonds is 8. The molecule has 1 heterocycles. The Kier molecular flexibility index (Phi) is 7.09. The maximum atomic E-state index is 12.1. The number of phenols is 1. The van der Waals surface area contributed by atoms with Gasteiger partial charge in [-0.25, -0.2) is 4.68 Å². The molecule has 0 aliphatic heterocycles. The standard InChI is InChI=1S/C21H31N5O3/c1-14(2)11-23-21(28)18-13-26(25-24-18)17-9-7-16(8-10-17)22-12-15-5-4-6-19(29-3)20(15)27/h4-6,13-14,16-17,22,27H,7-12H2,1-3H3,(H,23,28). The summed E-state index contributed by atoms with van der Waals surface area (Å²) in [4.78, 5) is 12.1. The first-order chi connectivity index (χ1) is 14.0. The highest BCUT2D eigenvalue weighted by Gasteiger charge is 2.24. The predicted octanol–water partition coefficient (Wildman–Crippen LogP) is 2.65. The quantitative estimate of drug-likeness (QED) is 0.629. The van der Waals surface area contributed by atoms with E-state index in [0.717, 1.165) is 31.2 Å². The van der Waals surface area contributed by atoms with Crippen LogP contribution in [0.1, 0.15) is 61.6 Å². The number of carbonyl (C=O) groups excluding carboxylic acids is 1. The predicted molar refractivity (Wildman–Crippen MR) is 110 cm³/mol. The molecule has 0 atom stereocenters. The average molecular weight is 402 g/mol. The van der Waals surface area contributed by atoms with Gasteiger partial charge in [-0.05, 0) is 37.7 Å². The molecule has 0 bridgehead atoms. The number of hydrogen-bond acceptors (Lipinski definition) is 6. The molecule has 1 fully saturated rings. The van der Waals surface area contributed by atoms with Crippen LogP contribution in [0.3, 0.4) is 0 Å². The van der Waals surface area contributed by atoms with Crippen molar-refractivity contribution in [1.29, 1.82) is 0 Å². The van der Waals surface area contributed by atoms with E-state index in [-0.39, 0.29) is 17.7 Å². The number of carbonyl (C=O) groups is 1. The molecule has 1 saturated carbocycles. The molecule has 1 aromatic heterocycles. The summed E-state index contributed by atoms with van der Waals surface area (Å²) in [6.07, 6.45) is 5.70. The van der Waals surface area contributed by atoms with Crippen LogP contribution in [0.15, 0.2) is 24.4 Å². The SMILES string of the molecule is COc1cccc(CNC2CCC(n3cc(C(=O)NCC(C)C)nn3)CC2)c1O. The minimum Gasteiger partial charge on any atom is -0.504 e. The fourth-order valence-corrected chi connectivity index (χ4v) is 3.62. The topological polar surface area (TPSA) is 101 Å². The molecule has 1 amide bonds. The molecule has 0 spiro atoms. The molecular formula is C21H31N5O3. The Balaban J connectivity index is 1.48. The second-order valence-corrected chi connectivity index (χ2v) is 8.04. The number of phenolic OH excluding ortho intramolecular Hbond substituents is 1. The van der Waals surface area contributed by atoms with Crippen molar-refractivity contribution in [3.05, 3.63) is 35.7 Å². The Morgan fingerprint density at radius 2 is 2.07 bits per heavy atom. The third-order valence-electron chi connectivity index (χ3n) is 5.37. The van der Waals surface area contributed by atoms with Crippen molar-refractivity contribution in [1.82, 2.24) is 25.6 Å². The molecule has 1 aromatic carbocycles. The van der Waals surface area contributed by atoms with Gasteiger partial charge < -0.3 is 20.5 Å². The molecule has 158 valence electrons. The van der Waals surface area contributed by atoms with Crippen LogP contribution in [0.4, 0.5) is 0 Å². The lowest BCUT2D eigenvalue weighted by Crippen LogP contribution is -2.33. The van der Waals surface area contributed by atoms with Crippen LogP contribution >= 0.6 is 0 Å². The molecule has 3 rings (SSSR count). The van der Waals surface area contributed by atoms with Crippen LogP contribution in [0.5, 0.6) is 11.5 Å². The largest absolute Gasteiger partial charge is 0.504 e. The maximum absolute atomic E-state index is 12.1. The first-order valence-electron chi connectivity index (χ1n) is 10.3. The average Bonchev–Trinajstić information content (AvgIpc) is 3.22. The summed E-state index contributed by atoms with van der Waals surface area (Å²) in [5.74, 6) is 0.920. The number of methoxy groups -OCH3 is 1. The summed E-state index contributed by atoms with van der Waals surface area (Å²) in [5.41, 5.74) is 1.21. The number of para-hydroxylation sites is 1. The highest BCUT2D eigenvalue weighted by molar-refractivity contribution is 5.91. The Bertz CT molecular complexity index is 812. The molecule has 1 aliphatic rings. The first-order valence-corrected chi connectivity index (χ1v) is 10.3. The Morgan fingerprint density at radius 3 is 2.76 bits per heavy atom. The van der Waals surface area contributed by atoms with Crippen LogP contribution in [-0.4, -0.2) is 45.7 Å². The third kappa shape index (κ3) is 5.47. The molecule has 2 aromatic rings. The number of ether oxygens (including phenoxy) is 1. The van der Waals surface area contributed by atoms with Crippen molar-refractivity contribution < 1.29 is 14.6 Å². The molecule has 29 heavy (non-hydrogen) atoms. The molecule has 3 N–H and O–H groups in total. The molecular weight excluding hydrogens is 370 g/mol. The summed E-state index contributed by atoms with van der Waals surface area (Å²) >= 11 is 0. The van der Waals surface area contributed by atoms with E-state index in [1.165, 1.54) is 0 Å². The third-order valence-corrected chi connectivity index (χ3v) is 5.37. The van der Waals surface area contributed by atoms with E-state index in [1.54, 1.807) is 19.4 Å². The summed E-state index contributed by atoms with van der Waals surface area (Å²) in [7, 11) is 1.55. The van der Waals surface area contributed by atoms with E-state index in [0.29, 0.717) is 36.5 Å². The fourth-order valence-electron chi connectivity index (χ4n) is 3.62. The van der Waals surface area contributed by atoms with Crippen molar-refractivity contribution in [2.75, 3.05) is 13.7 Å². The molecule has 1 aliphatic carbocycles. The van der Waals surface area contributed by atoms with Crippen LogP contribution in [0, 0.1) is 5.92 Å². The molecule has 0 unspecified atom stereocenters. The van der Waals surface area contributed by atoms with Crippen LogP contribution in [0.25, 0.3) is 0 Å². The van der Waals surface area contributed by atoms with Gasteiger partial charge in [0.1, 0.15) is 0 Å². The summed E-state index contributed by atoms with van der Waals surface area (Å²) in [5, 5.41) is 24.8. The van der Waals surface area contributed by atoms with Crippen molar-refractivity contribution in [3.8, 4) is 11.5 Å². The maximum Gasteiger partial charge on any atom is 0.273 e. The Hall–Kier alpha value is -2.61. The van der Waals surface area contributed by atoms with Gasteiger partial charge in [0.15, 0.2) is 17.2 Å².